The minimum atomic E-state index is -0.519. The molecule has 0 N–H and O–H groups in total. The summed E-state index contributed by atoms with van der Waals surface area (Å²) in [6, 6.07) is 13.4. The zero-order valence-electron chi connectivity index (χ0n) is 10.6. The van der Waals surface area contributed by atoms with Crippen LogP contribution in [0.5, 0.6) is 0 Å². The molecule has 2 aromatic rings. The van der Waals surface area contributed by atoms with Gasteiger partial charge in [0, 0.05) is 11.0 Å². The molecule has 0 saturated heterocycles. The van der Waals surface area contributed by atoms with Gasteiger partial charge in [-0.2, -0.15) is 0 Å². The highest BCUT2D eigenvalue weighted by Crippen LogP contribution is 2.35. The fourth-order valence-corrected chi connectivity index (χ4v) is 2.59. The van der Waals surface area contributed by atoms with E-state index in [4.69, 9.17) is 0 Å². The molecule has 0 atom stereocenters. The minimum Gasteiger partial charge on any atom is -0.465 e. The van der Waals surface area contributed by atoms with Crippen LogP contribution >= 0.6 is 11.8 Å². The maximum absolute atomic E-state index is 11.5. The number of hydrogen-bond donors (Lipinski definition) is 0. The molecule has 20 heavy (non-hydrogen) atoms. The number of rotatable bonds is 4. The Kier molecular flexibility index (Phi) is 4.37. The minimum absolute atomic E-state index is 0.0356. The van der Waals surface area contributed by atoms with Gasteiger partial charge in [0.15, 0.2) is 0 Å². The predicted molar refractivity (Wildman–Crippen MR) is 75.0 cm³/mol. The van der Waals surface area contributed by atoms with Crippen molar-refractivity contribution in [1.29, 1.82) is 0 Å². The highest BCUT2D eigenvalue weighted by molar-refractivity contribution is 7.99. The third kappa shape index (κ3) is 3.16. The van der Waals surface area contributed by atoms with Crippen LogP contribution in [0.25, 0.3) is 0 Å². The van der Waals surface area contributed by atoms with Crippen molar-refractivity contribution in [3.8, 4) is 0 Å². The Morgan fingerprint density at radius 1 is 1.20 bits per heavy atom. The van der Waals surface area contributed by atoms with Crippen molar-refractivity contribution in [2.24, 2.45) is 0 Å². The number of carbonyl (C=O) groups excluding carboxylic acids is 1. The van der Waals surface area contributed by atoms with Crippen LogP contribution in [0.3, 0.4) is 0 Å². The smallest absolute Gasteiger partial charge is 0.337 e. The summed E-state index contributed by atoms with van der Waals surface area (Å²) in [6.07, 6.45) is 0. The van der Waals surface area contributed by atoms with Crippen molar-refractivity contribution >= 4 is 23.4 Å². The second-order valence-electron chi connectivity index (χ2n) is 3.85. The number of methoxy groups -OCH3 is 1. The summed E-state index contributed by atoms with van der Waals surface area (Å²) in [7, 11) is 1.27. The van der Waals surface area contributed by atoms with Crippen molar-refractivity contribution in [1.82, 2.24) is 0 Å². The normalized spacial score (nSPS) is 10.1. The Balaban J connectivity index is 2.42. The summed E-state index contributed by atoms with van der Waals surface area (Å²) in [5.74, 6) is -0.519. The molecule has 0 aliphatic carbocycles. The molecule has 5 nitrogen and oxygen atoms in total. The summed E-state index contributed by atoms with van der Waals surface area (Å²) < 4.78 is 4.62. The zero-order chi connectivity index (χ0) is 14.5. The molecule has 0 aliphatic heterocycles. The lowest BCUT2D eigenvalue weighted by Gasteiger charge is -2.05. The molecule has 0 heterocycles. The predicted octanol–water partition coefficient (Wildman–Crippen LogP) is 3.53. The van der Waals surface area contributed by atoms with Gasteiger partial charge in [0.1, 0.15) is 0 Å². The van der Waals surface area contributed by atoms with Crippen LogP contribution in [0, 0.1) is 10.1 Å². The average molecular weight is 289 g/mol. The Morgan fingerprint density at radius 2 is 1.90 bits per heavy atom. The molecule has 6 heteroatoms. The fraction of sp³-hybridized carbons (Fsp3) is 0.0714. The van der Waals surface area contributed by atoms with E-state index < -0.39 is 10.9 Å². The van der Waals surface area contributed by atoms with Gasteiger partial charge in [0.05, 0.1) is 22.5 Å². The topological polar surface area (TPSA) is 69.4 Å². The fourth-order valence-electron chi connectivity index (χ4n) is 1.61. The van der Waals surface area contributed by atoms with E-state index in [1.54, 1.807) is 0 Å². The van der Waals surface area contributed by atoms with Gasteiger partial charge in [-0.05, 0) is 24.3 Å². The summed E-state index contributed by atoms with van der Waals surface area (Å²) in [5.41, 5.74) is 0.253. The van der Waals surface area contributed by atoms with Crippen LogP contribution in [0.2, 0.25) is 0 Å². The van der Waals surface area contributed by atoms with Crippen LogP contribution in [-0.4, -0.2) is 18.0 Å². The number of benzene rings is 2. The lowest BCUT2D eigenvalue weighted by atomic mass is 10.2. The molecule has 0 spiro atoms. The van der Waals surface area contributed by atoms with Crippen molar-refractivity contribution in [2.75, 3.05) is 7.11 Å². The van der Waals surface area contributed by atoms with Crippen molar-refractivity contribution in [3.63, 3.8) is 0 Å². The molecule has 0 aromatic heterocycles. The van der Waals surface area contributed by atoms with Crippen LogP contribution in [0.4, 0.5) is 5.69 Å². The van der Waals surface area contributed by atoms with Gasteiger partial charge in [0.2, 0.25) is 0 Å². The zero-order valence-corrected chi connectivity index (χ0v) is 11.4. The second-order valence-corrected chi connectivity index (χ2v) is 4.96. The lowest BCUT2D eigenvalue weighted by Crippen LogP contribution is -2.02. The summed E-state index contributed by atoms with van der Waals surface area (Å²) in [5, 5.41) is 11.0. The third-order valence-electron chi connectivity index (χ3n) is 2.55. The molecule has 0 radical (unpaired) electrons. The van der Waals surface area contributed by atoms with Crippen molar-refractivity contribution < 1.29 is 14.5 Å². The van der Waals surface area contributed by atoms with Gasteiger partial charge in [-0.25, -0.2) is 4.79 Å². The Labute approximate surface area is 119 Å². The molecule has 0 fully saturated rings. The van der Waals surface area contributed by atoms with Gasteiger partial charge in [-0.3, -0.25) is 10.1 Å². The first kappa shape index (κ1) is 14.1. The van der Waals surface area contributed by atoms with Crippen LogP contribution < -0.4 is 0 Å². The van der Waals surface area contributed by atoms with Crippen LogP contribution in [-0.2, 0) is 4.74 Å². The number of nitro benzene ring substituents is 1. The van der Waals surface area contributed by atoms with E-state index >= 15 is 0 Å². The summed E-state index contributed by atoms with van der Waals surface area (Å²) >= 11 is 1.24. The highest BCUT2D eigenvalue weighted by Gasteiger charge is 2.18. The summed E-state index contributed by atoms with van der Waals surface area (Å²) in [6.45, 7) is 0. The molecule has 0 saturated carbocycles. The number of nitrogens with zero attached hydrogens (tertiary/aromatic N) is 1. The molecule has 2 rings (SSSR count). The highest BCUT2D eigenvalue weighted by atomic mass is 32.2. The first-order valence-electron chi connectivity index (χ1n) is 5.71. The monoisotopic (exact) mass is 289 g/mol. The molecule has 0 amide bonds. The first-order valence-corrected chi connectivity index (χ1v) is 6.53. The van der Waals surface area contributed by atoms with E-state index in [0.717, 1.165) is 4.90 Å². The van der Waals surface area contributed by atoms with Gasteiger partial charge in [-0.1, -0.05) is 30.0 Å². The van der Waals surface area contributed by atoms with Gasteiger partial charge < -0.3 is 4.74 Å². The maximum Gasteiger partial charge on any atom is 0.337 e. The number of esters is 1. The Morgan fingerprint density at radius 3 is 2.50 bits per heavy atom. The van der Waals surface area contributed by atoms with Gasteiger partial charge in [-0.15, -0.1) is 0 Å². The molecule has 2 aromatic carbocycles. The van der Waals surface area contributed by atoms with Crippen molar-refractivity contribution in [3.05, 3.63) is 64.2 Å². The quantitative estimate of drug-likeness (QED) is 0.489. The van der Waals surface area contributed by atoms with Gasteiger partial charge >= 0.3 is 5.97 Å². The second kappa shape index (κ2) is 6.21. The van der Waals surface area contributed by atoms with E-state index in [1.165, 1.54) is 37.1 Å². The number of nitro groups is 1. The van der Waals surface area contributed by atoms with Crippen LogP contribution in [0.15, 0.2) is 58.3 Å². The number of hydrogen-bond acceptors (Lipinski definition) is 5. The molecular formula is C14H11NO4S. The Bertz CT molecular complexity index is 643. The summed E-state index contributed by atoms with van der Waals surface area (Å²) in [4.78, 5) is 23.3. The largest absolute Gasteiger partial charge is 0.465 e. The molecular weight excluding hydrogens is 278 g/mol. The van der Waals surface area contributed by atoms with E-state index in [-0.39, 0.29) is 11.3 Å². The first-order chi connectivity index (χ1) is 9.61. The number of ether oxygens (including phenoxy) is 1. The number of carbonyl (C=O) groups is 1. The standard InChI is InChI=1S/C14H11NO4S/c1-19-14(16)10-7-8-12(15(17)18)13(9-10)20-11-5-3-2-4-6-11/h2-9H,1H3. The molecule has 102 valence electrons. The third-order valence-corrected chi connectivity index (χ3v) is 3.60. The van der Waals surface area contributed by atoms with Crippen molar-refractivity contribution in [2.45, 2.75) is 9.79 Å². The van der Waals surface area contributed by atoms with Crippen LogP contribution in [0.1, 0.15) is 10.4 Å². The molecule has 0 bridgehead atoms. The van der Waals surface area contributed by atoms with Gasteiger partial charge in [0.25, 0.3) is 5.69 Å². The SMILES string of the molecule is COC(=O)c1ccc([N+](=O)[O-])c(Sc2ccccc2)c1. The van der Waals surface area contributed by atoms with E-state index in [1.807, 2.05) is 30.3 Å². The lowest BCUT2D eigenvalue weighted by molar-refractivity contribution is -0.387. The molecule has 0 unspecified atom stereocenters. The maximum atomic E-state index is 11.5. The van der Waals surface area contributed by atoms with E-state index in [2.05, 4.69) is 4.74 Å². The van der Waals surface area contributed by atoms with E-state index in [0.29, 0.717) is 4.90 Å². The average Bonchev–Trinajstić information content (AvgIpc) is 2.47. The molecule has 0 aliphatic rings. The Hall–Kier alpha value is -2.34. The van der Waals surface area contributed by atoms with E-state index in [9.17, 15) is 14.9 Å².